The molecule has 0 radical (unpaired) electrons. The Morgan fingerprint density at radius 3 is 3.00 bits per heavy atom. The normalized spacial score (nSPS) is 18.8. The van der Waals surface area contributed by atoms with Crippen LogP contribution >= 0.6 is 0 Å². The number of aryl methyl sites for hydroxylation is 1. The lowest BCUT2D eigenvalue weighted by Gasteiger charge is -2.28. The summed E-state index contributed by atoms with van der Waals surface area (Å²) in [6.07, 6.45) is 6.00. The Morgan fingerprint density at radius 1 is 1.50 bits per heavy atom. The van der Waals surface area contributed by atoms with Gasteiger partial charge in [0.1, 0.15) is 5.82 Å². The second-order valence-electron chi connectivity index (χ2n) is 5.41. The van der Waals surface area contributed by atoms with Crippen LogP contribution in [0.3, 0.4) is 0 Å². The summed E-state index contributed by atoms with van der Waals surface area (Å²) in [7, 11) is 5.74. The van der Waals surface area contributed by atoms with Gasteiger partial charge in [-0.25, -0.2) is 4.98 Å². The van der Waals surface area contributed by atoms with Crippen LogP contribution in [-0.2, 0) is 17.8 Å². The van der Waals surface area contributed by atoms with Gasteiger partial charge in [-0.3, -0.25) is 4.79 Å². The first kappa shape index (κ1) is 13.1. The molecule has 0 bridgehead atoms. The van der Waals surface area contributed by atoms with Crippen LogP contribution in [0, 0.1) is 5.92 Å². The molecule has 1 aliphatic rings. The summed E-state index contributed by atoms with van der Waals surface area (Å²) in [6.45, 7) is 2.34. The number of amides is 1. The van der Waals surface area contributed by atoms with Gasteiger partial charge in [0.05, 0.1) is 6.54 Å². The predicted molar refractivity (Wildman–Crippen MR) is 70.2 cm³/mol. The van der Waals surface area contributed by atoms with Gasteiger partial charge in [-0.15, -0.1) is 0 Å². The Kier molecular flexibility index (Phi) is 4.01. The number of carbonyl (C=O) groups excluding carboxylic acids is 1. The Labute approximate surface area is 108 Å². The molecule has 0 unspecified atom stereocenters. The summed E-state index contributed by atoms with van der Waals surface area (Å²) in [5.41, 5.74) is 0. The third-order valence-electron chi connectivity index (χ3n) is 3.46. The van der Waals surface area contributed by atoms with E-state index in [2.05, 4.69) is 9.55 Å². The van der Waals surface area contributed by atoms with Crippen LogP contribution in [0.1, 0.15) is 12.2 Å². The molecular formula is C13H22N4O. The van der Waals surface area contributed by atoms with Crippen LogP contribution in [0.5, 0.6) is 0 Å². The molecule has 2 rings (SSSR count). The Bertz CT molecular complexity index is 413. The lowest BCUT2D eigenvalue weighted by Crippen LogP contribution is -2.39. The number of hydrogen-bond donors (Lipinski definition) is 0. The van der Waals surface area contributed by atoms with Crippen molar-refractivity contribution in [2.24, 2.45) is 5.92 Å². The lowest BCUT2D eigenvalue weighted by atomic mass is 9.97. The Balaban J connectivity index is 1.86. The molecule has 1 amide bonds. The van der Waals surface area contributed by atoms with Gasteiger partial charge in [-0.05, 0) is 26.4 Å². The molecule has 100 valence electrons. The summed E-state index contributed by atoms with van der Waals surface area (Å²) < 4.78 is 2.21. The van der Waals surface area contributed by atoms with E-state index in [-0.39, 0.29) is 5.91 Å². The fraction of sp³-hybridized carbons (Fsp3) is 0.692. The molecule has 0 spiro atoms. The molecule has 0 aliphatic carbocycles. The number of hydrogen-bond acceptors (Lipinski definition) is 3. The number of nitrogens with zero attached hydrogens (tertiary/aromatic N) is 4. The maximum Gasteiger partial charge on any atom is 0.236 e. The van der Waals surface area contributed by atoms with Gasteiger partial charge < -0.3 is 14.4 Å². The van der Waals surface area contributed by atoms with Gasteiger partial charge in [0, 0.05) is 39.0 Å². The zero-order valence-corrected chi connectivity index (χ0v) is 11.5. The van der Waals surface area contributed by atoms with Gasteiger partial charge in [0.25, 0.3) is 0 Å². The molecule has 0 fully saturated rings. The van der Waals surface area contributed by atoms with Gasteiger partial charge in [-0.1, -0.05) is 0 Å². The van der Waals surface area contributed by atoms with Crippen LogP contribution in [-0.4, -0.2) is 59.5 Å². The molecule has 5 nitrogen and oxygen atoms in total. The minimum Gasteiger partial charge on any atom is -0.344 e. The minimum absolute atomic E-state index is 0.189. The zero-order chi connectivity index (χ0) is 13.1. The van der Waals surface area contributed by atoms with E-state index in [4.69, 9.17) is 0 Å². The Hall–Kier alpha value is -1.36. The number of carbonyl (C=O) groups is 1. The van der Waals surface area contributed by atoms with E-state index in [1.54, 1.807) is 0 Å². The van der Waals surface area contributed by atoms with Gasteiger partial charge >= 0.3 is 0 Å². The molecular weight excluding hydrogens is 228 g/mol. The quantitative estimate of drug-likeness (QED) is 0.780. The largest absolute Gasteiger partial charge is 0.344 e. The van der Waals surface area contributed by atoms with E-state index >= 15 is 0 Å². The smallest absolute Gasteiger partial charge is 0.236 e. The van der Waals surface area contributed by atoms with Crippen molar-refractivity contribution >= 4 is 5.91 Å². The van der Waals surface area contributed by atoms with Crippen molar-refractivity contribution in [3.63, 3.8) is 0 Å². The highest BCUT2D eigenvalue weighted by molar-refractivity contribution is 5.77. The molecule has 1 aromatic rings. The van der Waals surface area contributed by atoms with Crippen LogP contribution in [0.4, 0.5) is 0 Å². The van der Waals surface area contributed by atoms with E-state index in [9.17, 15) is 4.79 Å². The van der Waals surface area contributed by atoms with Crippen LogP contribution < -0.4 is 0 Å². The molecule has 5 heteroatoms. The monoisotopic (exact) mass is 250 g/mol. The minimum atomic E-state index is 0.189. The molecule has 0 aromatic carbocycles. The Morgan fingerprint density at radius 2 is 2.28 bits per heavy atom. The third kappa shape index (κ3) is 3.10. The summed E-state index contributed by atoms with van der Waals surface area (Å²) in [5.74, 6) is 1.88. The molecule has 1 aliphatic heterocycles. The zero-order valence-electron chi connectivity index (χ0n) is 11.5. The van der Waals surface area contributed by atoms with Crippen molar-refractivity contribution in [1.29, 1.82) is 0 Å². The topological polar surface area (TPSA) is 41.4 Å². The molecule has 0 N–H and O–H groups in total. The highest BCUT2D eigenvalue weighted by atomic mass is 16.2. The molecule has 18 heavy (non-hydrogen) atoms. The standard InChI is InChI=1S/C13H22N4O/c1-15(2)10-13(18)16(3)9-11-4-6-17-7-5-14-12(17)8-11/h5,7,11H,4,6,8-10H2,1-3H3/t11-/m1/s1. The van der Waals surface area contributed by atoms with E-state index in [0.29, 0.717) is 12.5 Å². The number of rotatable bonds is 4. The molecule has 2 heterocycles. The molecule has 0 saturated carbocycles. The lowest BCUT2D eigenvalue weighted by molar-refractivity contribution is -0.131. The summed E-state index contributed by atoms with van der Waals surface area (Å²) in [5, 5.41) is 0. The maximum absolute atomic E-state index is 11.9. The van der Waals surface area contributed by atoms with Gasteiger partial charge in [0.15, 0.2) is 0 Å². The van der Waals surface area contributed by atoms with Crippen LogP contribution in [0.25, 0.3) is 0 Å². The van der Waals surface area contributed by atoms with Crippen molar-refractivity contribution < 1.29 is 4.79 Å². The van der Waals surface area contributed by atoms with Crippen LogP contribution in [0.15, 0.2) is 12.4 Å². The summed E-state index contributed by atoms with van der Waals surface area (Å²) in [4.78, 5) is 20.0. The number of likely N-dealkylation sites (N-methyl/N-ethyl adjacent to an activating group) is 2. The second kappa shape index (κ2) is 5.52. The van der Waals surface area contributed by atoms with Crippen LogP contribution in [0.2, 0.25) is 0 Å². The van der Waals surface area contributed by atoms with E-state index < -0.39 is 0 Å². The molecule has 1 atom stereocenters. The maximum atomic E-state index is 11.9. The van der Waals surface area contributed by atoms with Crippen molar-refractivity contribution in [3.8, 4) is 0 Å². The number of fused-ring (bicyclic) bond motifs is 1. The first-order valence-electron chi connectivity index (χ1n) is 6.45. The average Bonchev–Trinajstić information content (AvgIpc) is 2.75. The SMILES string of the molecule is CN(C)CC(=O)N(C)C[C@@H]1CCn2ccnc2C1. The number of imidazole rings is 1. The van der Waals surface area contributed by atoms with Gasteiger partial charge in [-0.2, -0.15) is 0 Å². The first-order chi connectivity index (χ1) is 8.56. The summed E-state index contributed by atoms with van der Waals surface area (Å²) >= 11 is 0. The molecule has 1 aromatic heterocycles. The third-order valence-corrected chi connectivity index (χ3v) is 3.46. The highest BCUT2D eigenvalue weighted by Gasteiger charge is 2.22. The fourth-order valence-electron chi connectivity index (χ4n) is 2.45. The van der Waals surface area contributed by atoms with Crippen molar-refractivity contribution in [2.75, 3.05) is 34.2 Å². The fourth-order valence-corrected chi connectivity index (χ4v) is 2.45. The second-order valence-corrected chi connectivity index (χ2v) is 5.41. The average molecular weight is 250 g/mol. The highest BCUT2D eigenvalue weighted by Crippen LogP contribution is 2.19. The van der Waals surface area contributed by atoms with Crippen molar-refractivity contribution in [1.82, 2.24) is 19.4 Å². The van der Waals surface area contributed by atoms with Crippen molar-refractivity contribution in [3.05, 3.63) is 18.2 Å². The van der Waals surface area contributed by atoms with E-state index in [1.807, 2.05) is 43.3 Å². The van der Waals surface area contributed by atoms with Gasteiger partial charge in [0.2, 0.25) is 5.91 Å². The first-order valence-corrected chi connectivity index (χ1v) is 6.45. The molecule has 0 saturated heterocycles. The summed E-state index contributed by atoms with van der Waals surface area (Å²) in [6, 6.07) is 0. The predicted octanol–water partition coefficient (Wildman–Crippen LogP) is 0.466. The number of aromatic nitrogens is 2. The van der Waals surface area contributed by atoms with Crippen molar-refractivity contribution in [2.45, 2.75) is 19.4 Å². The van der Waals surface area contributed by atoms with E-state index in [1.165, 1.54) is 0 Å². The van der Waals surface area contributed by atoms with E-state index in [0.717, 1.165) is 31.8 Å².